The van der Waals surface area contributed by atoms with E-state index in [1.807, 2.05) is 12.1 Å². The van der Waals surface area contributed by atoms with Crippen LogP contribution < -0.4 is 0 Å². The topological polar surface area (TPSA) is 9.23 Å². The van der Waals surface area contributed by atoms with Gasteiger partial charge in [-0.25, -0.2) is 0 Å². The molecule has 0 N–H and O–H groups in total. The SMILES string of the molecule is COC(=S)c1cc2ccccc2s1. The van der Waals surface area contributed by atoms with Crippen LogP contribution in [0.3, 0.4) is 0 Å². The molecule has 1 aromatic carbocycles. The average Bonchev–Trinajstić information content (AvgIpc) is 2.59. The molecule has 1 nitrogen and oxygen atoms in total. The van der Waals surface area contributed by atoms with Crippen LogP contribution in [0.15, 0.2) is 30.3 Å². The molecule has 0 spiro atoms. The van der Waals surface area contributed by atoms with Gasteiger partial charge < -0.3 is 4.74 Å². The lowest BCUT2D eigenvalue weighted by atomic mass is 10.2. The highest BCUT2D eigenvalue weighted by atomic mass is 32.1. The zero-order valence-electron chi connectivity index (χ0n) is 7.11. The fourth-order valence-electron chi connectivity index (χ4n) is 1.18. The number of ether oxygens (including phenoxy) is 1. The van der Waals surface area contributed by atoms with E-state index in [9.17, 15) is 0 Å². The van der Waals surface area contributed by atoms with Crippen LogP contribution in [0, 0.1) is 0 Å². The summed E-state index contributed by atoms with van der Waals surface area (Å²) < 4.78 is 6.25. The summed E-state index contributed by atoms with van der Waals surface area (Å²) >= 11 is 6.71. The molecule has 2 rings (SSSR count). The summed E-state index contributed by atoms with van der Waals surface area (Å²) in [6.45, 7) is 0. The van der Waals surface area contributed by atoms with Gasteiger partial charge in [-0.15, -0.1) is 11.3 Å². The van der Waals surface area contributed by atoms with Gasteiger partial charge in [0.05, 0.1) is 12.0 Å². The molecule has 1 heterocycles. The van der Waals surface area contributed by atoms with E-state index in [0.717, 1.165) is 4.88 Å². The van der Waals surface area contributed by atoms with Crippen LogP contribution >= 0.6 is 23.6 Å². The third-order valence-electron chi connectivity index (χ3n) is 1.81. The zero-order chi connectivity index (χ0) is 9.26. The largest absolute Gasteiger partial charge is 0.486 e. The molecule has 0 aliphatic rings. The molecule has 0 aliphatic heterocycles. The van der Waals surface area contributed by atoms with Crippen molar-refractivity contribution in [1.82, 2.24) is 0 Å². The lowest BCUT2D eigenvalue weighted by molar-refractivity contribution is 0.417. The number of methoxy groups -OCH3 is 1. The monoisotopic (exact) mass is 208 g/mol. The summed E-state index contributed by atoms with van der Waals surface area (Å²) in [7, 11) is 1.60. The summed E-state index contributed by atoms with van der Waals surface area (Å²) in [5, 5.41) is 1.79. The van der Waals surface area contributed by atoms with E-state index in [1.54, 1.807) is 18.4 Å². The molecule has 0 saturated heterocycles. The molecule has 0 bridgehead atoms. The molecule has 66 valence electrons. The number of thiophene rings is 1. The minimum atomic E-state index is 0.571. The summed E-state index contributed by atoms with van der Waals surface area (Å²) in [5.41, 5.74) is 0. The predicted molar refractivity (Wildman–Crippen MR) is 60.5 cm³/mol. The number of thiocarbonyl (C=S) groups is 1. The lowest BCUT2D eigenvalue weighted by Crippen LogP contribution is -1.94. The van der Waals surface area contributed by atoms with Crippen LogP contribution in [0.1, 0.15) is 4.88 Å². The van der Waals surface area contributed by atoms with Crippen molar-refractivity contribution < 1.29 is 4.74 Å². The Morgan fingerprint density at radius 2 is 2.15 bits per heavy atom. The van der Waals surface area contributed by atoms with Gasteiger partial charge >= 0.3 is 0 Å². The number of benzene rings is 1. The Bertz CT molecular complexity index is 412. The Labute approximate surface area is 86.0 Å². The number of hydrogen-bond donors (Lipinski definition) is 0. The molecule has 0 saturated carbocycles. The van der Waals surface area contributed by atoms with E-state index in [2.05, 4.69) is 18.2 Å². The Hall–Kier alpha value is -0.930. The Balaban J connectivity index is 2.56. The number of hydrogen-bond acceptors (Lipinski definition) is 3. The number of rotatable bonds is 1. The highest BCUT2D eigenvalue weighted by molar-refractivity contribution is 7.80. The first-order valence-corrected chi connectivity index (χ1v) is 5.10. The van der Waals surface area contributed by atoms with Gasteiger partial charge in [0.15, 0.2) is 0 Å². The molecule has 0 radical (unpaired) electrons. The maximum atomic E-state index is 5.05. The molecule has 2 aromatic rings. The van der Waals surface area contributed by atoms with E-state index in [0.29, 0.717) is 5.05 Å². The molecule has 0 atom stereocenters. The van der Waals surface area contributed by atoms with E-state index in [-0.39, 0.29) is 0 Å². The van der Waals surface area contributed by atoms with E-state index in [1.165, 1.54) is 10.1 Å². The normalized spacial score (nSPS) is 10.2. The van der Waals surface area contributed by atoms with Gasteiger partial charge in [0.1, 0.15) is 0 Å². The molecular formula is C10H8OS2. The highest BCUT2D eigenvalue weighted by Crippen LogP contribution is 2.25. The predicted octanol–water partition coefficient (Wildman–Crippen LogP) is 3.22. The molecule has 3 heteroatoms. The molecule has 1 aromatic heterocycles. The van der Waals surface area contributed by atoms with Gasteiger partial charge in [0, 0.05) is 4.70 Å². The third kappa shape index (κ3) is 1.57. The minimum absolute atomic E-state index is 0.571. The van der Waals surface area contributed by atoms with Gasteiger partial charge in [-0.05, 0) is 29.7 Å². The fraction of sp³-hybridized carbons (Fsp3) is 0.100. The molecule has 0 fully saturated rings. The van der Waals surface area contributed by atoms with Crippen LogP contribution in [0.5, 0.6) is 0 Å². The van der Waals surface area contributed by atoms with Gasteiger partial charge in [-0.1, -0.05) is 18.2 Å². The van der Waals surface area contributed by atoms with Gasteiger partial charge in [0.25, 0.3) is 0 Å². The molecule has 0 unspecified atom stereocenters. The second kappa shape index (κ2) is 3.44. The smallest absolute Gasteiger partial charge is 0.201 e. The van der Waals surface area contributed by atoms with Crippen molar-refractivity contribution in [2.75, 3.05) is 7.11 Å². The maximum absolute atomic E-state index is 5.05. The summed E-state index contributed by atoms with van der Waals surface area (Å²) in [5.74, 6) is 0. The van der Waals surface area contributed by atoms with Crippen LogP contribution in [0.25, 0.3) is 10.1 Å². The van der Waals surface area contributed by atoms with Crippen molar-refractivity contribution in [3.05, 3.63) is 35.2 Å². The average molecular weight is 208 g/mol. The van der Waals surface area contributed by atoms with Crippen molar-refractivity contribution in [3.63, 3.8) is 0 Å². The third-order valence-corrected chi connectivity index (χ3v) is 3.44. The molecule has 0 amide bonds. The van der Waals surface area contributed by atoms with E-state index in [4.69, 9.17) is 17.0 Å². The van der Waals surface area contributed by atoms with Crippen molar-refractivity contribution >= 4 is 38.7 Å². The fourth-order valence-corrected chi connectivity index (χ4v) is 2.35. The summed E-state index contributed by atoms with van der Waals surface area (Å²) in [6.07, 6.45) is 0. The number of fused-ring (bicyclic) bond motifs is 1. The second-order valence-corrected chi connectivity index (χ2v) is 4.09. The van der Waals surface area contributed by atoms with Gasteiger partial charge in [0.2, 0.25) is 5.05 Å². The molecule has 0 aliphatic carbocycles. The lowest BCUT2D eigenvalue weighted by Gasteiger charge is -1.94. The van der Waals surface area contributed by atoms with Gasteiger partial charge in [-0.2, -0.15) is 0 Å². The highest BCUT2D eigenvalue weighted by Gasteiger charge is 2.05. The van der Waals surface area contributed by atoms with Crippen LogP contribution in [-0.4, -0.2) is 12.2 Å². The van der Waals surface area contributed by atoms with Crippen molar-refractivity contribution in [3.8, 4) is 0 Å². The van der Waals surface area contributed by atoms with Crippen LogP contribution in [0.4, 0.5) is 0 Å². The summed E-state index contributed by atoms with van der Waals surface area (Å²) in [4.78, 5) is 1.03. The van der Waals surface area contributed by atoms with Gasteiger partial charge in [-0.3, -0.25) is 0 Å². The van der Waals surface area contributed by atoms with Crippen molar-refractivity contribution in [2.45, 2.75) is 0 Å². The van der Waals surface area contributed by atoms with Crippen LogP contribution in [0.2, 0.25) is 0 Å². The Morgan fingerprint density at radius 3 is 2.85 bits per heavy atom. The van der Waals surface area contributed by atoms with Crippen molar-refractivity contribution in [2.24, 2.45) is 0 Å². The van der Waals surface area contributed by atoms with E-state index < -0.39 is 0 Å². The maximum Gasteiger partial charge on any atom is 0.201 e. The zero-order valence-corrected chi connectivity index (χ0v) is 8.74. The first-order chi connectivity index (χ1) is 6.31. The first kappa shape index (κ1) is 8.66. The Morgan fingerprint density at radius 1 is 1.38 bits per heavy atom. The second-order valence-electron chi connectivity index (χ2n) is 2.64. The Kier molecular flexibility index (Phi) is 2.29. The van der Waals surface area contributed by atoms with E-state index >= 15 is 0 Å². The summed E-state index contributed by atoms with van der Waals surface area (Å²) in [6, 6.07) is 10.3. The quantitative estimate of drug-likeness (QED) is 0.665. The minimum Gasteiger partial charge on any atom is -0.486 e. The first-order valence-electron chi connectivity index (χ1n) is 3.88. The molecule has 13 heavy (non-hydrogen) atoms. The van der Waals surface area contributed by atoms with Crippen molar-refractivity contribution in [1.29, 1.82) is 0 Å². The standard InChI is InChI=1S/C10H8OS2/c1-11-10(12)9-6-7-4-2-3-5-8(7)13-9/h2-6H,1H3. The molecular weight excluding hydrogens is 200 g/mol. The van der Waals surface area contributed by atoms with Crippen LogP contribution in [-0.2, 0) is 4.74 Å².